The van der Waals surface area contributed by atoms with Crippen molar-refractivity contribution >= 4 is 24.0 Å². The average molecular weight is 285 g/mol. The monoisotopic (exact) mass is 284 g/mol. The van der Waals surface area contributed by atoms with Crippen LogP contribution < -0.4 is 15.0 Å². The van der Waals surface area contributed by atoms with E-state index in [1.54, 1.807) is 7.11 Å². The Hall–Kier alpha value is -1.26. The number of amides is 1. The van der Waals surface area contributed by atoms with Crippen LogP contribution in [0.2, 0.25) is 0 Å². The second-order valence-electron chi connectivity index (χ2n) is 4.50. The maximum atomic E-state index is 12.1. The topological polar surface area (TPSA) is 41.6 Å². The van der Waals surface area contributed by atoms with Crippen molar-refractivity contribution in [3.63, 3.8) is 0 Å². The van der Waals surface area contributed by atoms with Crippen LogP contribution in [0.5, 0.6) is 5.75 Å². The first-order chi connectivity index (χ1) is 8.76. The molecule has 1 N–H and O–H groups in total. The van der Waals surface area contributed by atoms with Crippen LogP contribution in [-0.4, -0.2) is 33.2 Å². The number of nitrogens with zero attached hydrogens (tertiary/aromatic N) is 1. The molecule has 1 aromatic carbocycles. The minimum absolute atomic E-state index is 0. The van der Waals surface area contributed by atoms with E-state index in [1.165, 1.54) is 5.56 Å². The molecule has 0 spiro atoms. The number of benzene rings is 1. The third-order valence-electron chi connectivity index (χ3n) is 3.30. The molecule has 0 aliphatic carbocycles. The number of nitrogens with one attached hydrogen (secondary N) is 1. The molecule has 1 aliphatic heterocycles. The minimum atomic E-state index is 0. The quantitative estimate of drug-likeness (QED) is 0.841. The van der Waals surface area contributed by atoms with Gasteiger partial charge in [0.05, 0.1) is 7.11 Å². The summed E-state index contributed by atoms with van der Waals surface area (Å²) in [4.78, 5) is 14.0. The van der Waals surface area contributed by atoms with Gasteiger partial charge in [-0.3, -0.25) is 4.79 Å². The number of halogens is 1. The Morgan fingerprint density at radius 3 is 2.95 bits per heavy atom. The number of fused-ring (bicyclic) bond motifs is 1. The van der Waals surface area contributed by atoms with Crippen molar-refractivity contribution in [3.05, 3.63) is 23.8 Å². The third kappa shape index (κ3) is 3.61. The number of rotatable bonds is 5. The molecule has 0 atom stereocenters. The zero-order chi connectivity index (χ0) is 13.0. The molecule has 1 heterocycles. The van der Waals surface area contributed by atoms with Crippen molar-refractivity contribution in [3.8, 4) is 5.75 Å². The lowest BCUT2D eigenvalue weighted by Gasteiger charge is -2.17. The Kier molecular flexibility index (Phi) is 6.12. The van der Waals surface area contributed by atoms with Gasteiger partial charge in [0.2, 0.25) is 5.91 Å². The Labute approximate surface area is 120 Å². The molecule has 0 aromatic heterocycles. The van der Waals surface area contributed by atoms with Crippen molar-refractivity contribution in [2.75, 3.05) is 32.1 Å². The normalized spacial score (nSPS) is 12.8. The predicted octanol–water partition coefficient (Wildman–Crippen LogP) is 2.01. The number of anilines is 1. The number of hydrogen-bond donors (Lipinski definition) is 1. The summed E-state index contributed by atoms with van der Waals surface area (Å²) in [6, 6.07) is 5.92. The highest BCUT2D eigenvalue weighted by Gasteiger charge is 2.24. The molecule has 2 rings (SSSR count). The lowest BCUT2D eigenvalue weighted by atomic mass is 10.1. The predicted molar refractivity (Wildman–Crippen MR) is 79.5 cm³/mol. The highest BCUT2D eigenvalue weighted by Crippen LogP contribution is 2.31. The van der Waals surface area contributed by atoms with E-state index in [9.17, 15) is 4.79 Å². The zero-order valence-electron chi connectivity index (χ0n) is 11.4. The SMILES string of the molecule is CNCCCC(=O)N1CCc2cc(OC)ccc21.Cl. The molecular formula is C14H21ClN2O2. The molecule has 106 valence electrons. The molecule has 5 heteroatoms. The van der Waals surface area contributed by atoms with Gasteiger partial charge >= 0.3 is 0 Å². The summed E-state index contributed by atoms with van der Waals surface area (Å²) in [6.45, 7) is 1.68. The van der Waals surface area contributed by atoms with Gasteiger partial charge in [-0.25, -0.2) is 0 Å². The highest BCUT2D eigenvalue weighted by atomic mass is 35.5. The van der Waals surface area contributed by atoms with E-state index < -0.39 is 0 Å². The molecule has 1 amide bonds. The van der Waals surface area contributed by atoms with E-state index in [2.05, 4.69) is 5.32 Å². The van der Waals surface area contributed by atoms with Gasteiger partial charge in [-0.05, 0) is 50.2 Å². The smallest absolute Gasteiger partial charge is 0.227 e. The first-order valence-corrected chi connectivity index (χ1v) is 6.38. The summed E-state index contributed by atoms with van der Waals surface area (Å²) >= 11 is 0. The van der Waals surface area contributed by atoms with E-state index in [-0.39, 0.29) is 18.3 Å². The largest absolute Gasteiger partial charge is 0.497 e. The maximum absolute atomic E-state index is 12.1. The van der Waals surface area contributed by atoms with E-state index in [0.29, 0.717) is 6.42 Å². The van der Waals surface area contributed by atoms with Crippen molar-refractivity contribution in [2.45, 2.75) is 19.3 Å². The molecular weight excluding hydrogens is 264 g/mol. The van der Waals surface area contributed by atoms with Crippen LogP contribution in [0, 0.1) is 0 Å². The third-order valence-corrected chi connectivity index (χ3v) is 3.30. The van der Waals surface area contributed by atoms with Crippen molar-refractivity contribution in [1.29, 1.82) is 0 Å². The molecule has 0 fully saturated rings. The molecule has 0 saturated carbocycles. The van der Waals surface area contributed by atoms with Gasteiger partial charge in [-0.15, -0.1) is 12.4 Å². The number of methoxy groups -OCH3 is 1. The summed E-state index contributed by atoms with van der Waals surface area (Å²) in [5.74, 6) is 1.08. The number of ether oxygens (including phenoxy) is 1. The molecule has 1 aliphatic rings. The van der Waals surface area contributed by atoms with Crippen LogP contribution in [0.4, 0.5) is 5.69 Å². The Balaban J connectivity index is 0.00000180. The molecule has 4 nitrogen and oxygen atoms in total. The Bertz CT molecular complexity index is 437. The van der Waals surface area contributed by atoms with Crippen LogP contribution >= 0.6 is 12.4 Å². The fraction of sp³-hybridized carbons (Fsp3) is 0.500. The van der Waals surface area contributed by atoms with Crippen molar-refractivity contribution < 1.29 is 9.53 Å². The van der Waals surface area contributed by atoms with Gasteiger partial charge in [0.15, 0.2) is 0 Å². The molecule has 19 heavy (non-hydrogen) atoms. The van der Waals surface area contributed by atoms with Crippen LogP contribution in [0.3, 0.4) is 0 Å². The molecule has 0 saturated heterocycles. The summed E-state index contributed by atoms with van der Waals surface area (Å²) in [7, 11) is 3.57. The summed E-state index contributed by atoms with van der Waals surface area (Å²) < 4.78 is 5.20. The standard InChI is InChI=1S/C14H20N2O2.ClH/c1-15-8-3-4-14(17)16-9-7-11-10-12(18-2)5-6-13(11)16;/h5-6,10,15H,3-4,7-9H2,1-2H3;1H. The number of hydrogen-bond acceptors (Lipinski definition) is 3. The van der Waals surface area contributed by atoms with E-state index in [4.69, 9.17) is 4.74 Å². The summed E-state index contributed by atoms with van der Waals surface area (Å²) in [6.07, 6.45) is 2.41. The maximum Gasteiger partial charge on any atom is 0.227 e. The fourth-order valence-corrected chi connectivity index (χ4v) is 2.32. The fourth-order valence-electron chi connectivity index (χ4n) is 2.32. The second-order valence-corrected chi connectivity index (χ2v) is 4.50. The van der Waals surface area contributed by atoms with Crippen LogP contribution in [-0.2, 0) is 11.2 Å². The van der Waals surface area contributed by atoms with Crippen LogP contribution in [0.15, 0.2) is 18.2 Å². The summed E-state index contributed by atoms with van der Waals surface area (Å²) in [5, 5.41) is 3.06. The van der Waals surface area contributed by atoms with Gasteiger partial charge in [0.1, 0.15) is 5.75 Å². The lowest BCUT2D eigenvalue weighted by Crippen LogP contribution is -2.29. The van der Waals surface area contributed by atoms with Gasteiger partial charge < -0.3 is 15.0 Å². The van der Waals surface area contributed by atoms with Gasteiger partial charge in [0.25, 0.3) is 0 Å². The lowest BCUT2D eigenvalue weighted by molar-refractivity contribution is -0.118. The molecule has 1 aromatic rings. The molecule has 0 radical (unpaired) electrons. The second kappa shape index (κ2) is 7.36. The van der Waals surface area contributed by atoms with E-state index in [1.807, 2.05) is 30.1 Å². The number of carbonyl (C=O) groups is 1. The van der Waals surface area contributed by atoms with Crippen LogP contribution in [0.25, 0.3) is 0 Å². The highest BCUT2D eigenvalue weighted by molar-refractivity contribution is 5.95. The molecule has 0 bridgehead atoms. The van der Waals surface area contributed by atoms with Crippen molar-refractivity contribution in [2.24, 2.45) is 0 Å². The average Bonchev–Trinajstić information content (AvgIpc) is 2.81. The van der Waals surface area contributed by atoms with Gasteiger partial charge in [0, 0.05) is 18.7 Å². The van der Waals surface area contributed by atoms with Gasteiger partial charge in [-0.1, -0.05) is 0 Å². The Morgan fingerprint density at radius 2 is 2.26 bits per heavy atom. The first kappa shape index (κ1) is 15.8. The van der Waals surface area contributed by atoms with Crippen LogP contribution in [0.1, 0.15) is 18.4 Å². The Morgan fingerprint density at radius 1 is 1.47 bits per heavy atom. The molecule has 0 unspecified atom stereocenters. The van der Waals surface area contributed by atoms with Crippen molar-refractivity contribution in [1.82, 2.24) is 5.32 Å². The van der Waals surface area contributed by atoms with E-state index >= 15 is 0 Å². The summed E-state index contributed by atoms with van der Waals surface area (Å²) in [5.41, 5.74) is 2.25. The minimum Gasteiger partial charge on any atom is -0.497 e. The van der Waals surface area contributed by atoms with E-state index in [0.717, 1.165) is 37.4 Å². The first-order valence-electron chi connectivity index (χ1n) is 6.38. The zero-order valence-corrected chi connectivity index (χ0v) is 12.3. The van der Waals surface area contributed by atoms with Gasteiger partial charge in [-0.2, -0.15) is 0 Å². The number of carbonyl (C=O) groups excluding carboxylic acids is 1.